The van der Waals surface area contributed by atoms with Crippen molar-refractivity contribution >= 4 is 11.8 Å². The molecule has 1 atom stereocenters. The maximum atomic E-state index is 12.4. The topological polar surface area (TPSA) is 61.9 Å². The molecule has 1 N–H and O–H groups in total. The van der Waals surface area contributed by atoms with Crippen LogP contribution >= 0.6 is 0 Å². The Morgan fingerprint density at radius 3 is 2.45 bits per heavy atom. The number of carbonyl (C=O) groups excluding carboxylic acids is 2. The Labute approximate surface area is 132 Å². The van der Waals surface area contributed by atoms with E-state index in [9.17, 15) is 9.59 Å². The fourth-order valence-corrected chi connectivity index (χ4v) is 3.14. The van der Waals surface area contributed by atoms with Crippen LogP contribution in [0.3, 0.4) is 0 Å². The van der Waals surface area contributed by atoms with Gasteiger partial charge in [0.15, 0.2) is 0 Å². The third kappa shape index (κ3) is 4.43. The molecule has 2 aliphatic heterocycles. The van der Waals surface area contributed by atoms with Crippen molar-refractivity contribution in [1.29, 1.82) is 0 Å². The van der Waals surface area contributed by atoms with Gasteiger partial charge in [-0.25, -0.2) is 0 Å². The number of hydrogen-bond acceptors (Lipinski definition) is 4. The van der Waals surface area contributed by atoms with Gasteiger partial charge in [0.25, 0.3) is 5.91 Å². The van der Waals surface area contributed by atoms with Crippen molar-refractivity contribution in [3.63, 3.8) is 0 Å². The van der Waals surface area contributed by atoms with Crippen LogP contribution in [0.2, 0.25) is 0 Å². The molecule has 0 bridgehead atoms. The van der Waals surface area contributed by atoms with Crippen LogP contribution in [-0.4, -0.2) is 73.1 Å². The smallest absolute Gasteiger partial charge is 0.250 e. The quantitative estimate of drug-likeness (QED) is 0.815. The van der Waals surface area contributed by atoms with Gasteiger partial charge < -0.3 is 15.0 Å². The summed E-state index contributed by atoms with van der Waals surface area (Å²) in [6.07, 6.45) is 6.41. The Bertz CT molecular complexity index is 403. The average Bonchev–Trinajstić information content (AvgIpc) is 3.33. The van der Waals surface area contributed by atoms with Crippen LogP contribution in [-0.2, 0) is 14.3 Å². The second-order valence-corrected chi connectivity index (χ2v) is 6.67. The van der Waals surface area contributed by atoms with Crippen molar-refractivity contribution in [2.45, 2.75) is 50.7 Å². The molecule has 22 heavy (non-hydrogen) atoms. The van der Waals surface area contributed by atoms with Gasteiger partial charge in [0.1, 0.15) is 6.10 Å². The predicted octanol–water partition coefficient (Wildman–Crippen LogP) is 0.368. The zero-order chi connectivity index (χ0) is 15.4. The van der Waals surface area contributed by atoms with Gasteiger partial charge in [0.05, 0.1) is 13.2 Å². The van der Waals surface area contributed by atoms with Gasteiger partial charge in [-0.3, -0.25) is 14.5 Å². The van der Waals surface area contributed by atoms with E-state index in [4.69, 9.17) is 4.74 Å². The van der Waals surface area contributed by atoms with Crippen LogP contribution < -0.4 is 5.32 Å². The second-order valence-electron chi connectivity index (χ2n) is 6.67. The van der Waals surface area contributed by atoms with Crippen molar-refractivity contribution in [2.75, 3.05) is 39.3 Å². The number of rotatable bonds is 4. The minimum absolute atomic E-state index is 0.0191. The lowest BCUT2D eigenvalue weighted by atomic mass is 10.2. The van der Waals surface area contributed by atoms with E-state index in [0.29, 0.717) is 25.7 Å². The minimum atomic E-state index is -0.425. The normalized spacial score (nSPS) is 27.3. The fourth-order valence-electron chi connectivity index (χ4n) is 3.14. The minimum Gasteiger partial charge on any atom is -0.366 e. The number of nitrogens with one attached hydrogen (secondary N) is 1. The molecule has 2 amide bonds. The molecule has 0 aromatic carbocycles. The van der Waals surface area contributed by atoms with E-state index in [0.717, 1.165) is 45.3 Å². The lowest BCUT2D eigenvalue weighted by molar-refractivity contribution is -0.143. The average molecular weight is 309 g/mol. The summed E-state index contributed by atoms with van der Waals surface area (Å²) in [6.45, 7) is 3.96. The predicted molar refractivity (Wildman–Crippen MR) is 82.4 cm³/mol. The van der Waals surface area contributed by atoms with Crippen LogP contribution in [0.25, 0.3) is 0 Å². The first-order valence-electron chi connectivity index (χ1n) is 8.64. The van der Waals surface area contributed by atoms with Gasteiger partial charge in [0.2, 0.25) is 5.91 Å². The zero-order valence-electron chi connectivity index (χ0n) is 13.3. The summed E-state index contributed by atoms with van der Waals surface area (Å²) in [5.74, 6) is 0.180. The van der Waals surface area contributed by atoms with E-state index in [2.05, 4.69) is 10.2 Å². The van der Waals surface area contributed by atoms with Crippen LogP contribution in [0.15, 0.2) is 0 Å². The molecule has 0 spiro atoms. The molecule has 0 aromatic rings. The Hall–Kier alpha value is -1.14. The zero-order valence-corrected chi connectivity index (χ0v) is 13.3. The highest BCUT2D eigenvalue weighted by Gasteiger charge is 2.32. The molecule has 2 heterocycles. The first-order chi connectivity index (χ1) is 10.7. The Morgan fingerprint density at radius 1 is 1.05 bits per heavy atom. The van der Waals surface area contributed by atoms with Crippen LogP contribution in [0.5, 0.6) is 0 Å². The van der Waals surface area contributed by atoms with E-state index in [-0.39, 0.29) is 11.8 Å². The molecule has 1 unspecified atom stereocenters. The van der Waals surface area contributed by atoms with Gasteiger partial charge in [-0.1, -0.05) is 12.8 Å². The largest absolute Gasteiger partial charge is 0.366 e. The third-order valence-electron chi connectivity index (χ3n) is 4.68. The highest BCUT2D eigenvalue weighted by molar-refractivity contribution is 5.82. The molecule has 3 fully saturated rings. The number of carbonyl (C=O) groups is 2. The number of amides is 2. The molecule has 1 saturated carbocycles. The summed E-state index contributed by atoms with van der Waals surface area (Å²) in [6, 6.07) is 0.352. The van der Waals surface area contributed by atoms with Crippen molar-refractivity contribution in [2.24, 2.45) is 0 Å². The van der Waals surface area contributed by atoms with Gasteiger partial charge in [-0.05, 0) is 25.7 Å². The summed E-state index contributed by atoms with van der Waals surface area (Å²) in [7, 11) is 0. The second kappa shape index (κ2) is 7.42. The SMILES string of the molecule is O=C(NC1CC1)C1CN(CC(=O)N2CCCCCC2)CCO1. The lowest BCUT2D eigenvalue weighted by Crippen LogP contribution is -2.52. The van der Waals surface area contributed by atoms with Crippen molar-refractivity contribution in [3.8, 4) is 0 Å². The van der Waals surface area contributed by atoms with Crippen molar-refractivity contribution in [1.82, 2.24) is 15.1 Å². The molecule has 2 saturated heterocycles. The molecule has 1 aliphatic carbocycles. The number of ether oxygens (including phenoxy) is 1. The molecule has 124 valence electrons. The summed E-state index contributed by atoms with van der Waals surface area (Å²) in [5.41, 5.74) is 0. The molecule has 0 radical (unpaired) electrons. The van der Waals surface area contributed by atoms with E-state index in [1.807, 2.05) is 4.90 Å². The van der Waals surface area contributed by atoms with Gasteiger partial charge >= 0.3 is 0 Å². The van der Waals surface area contributed by atoms with Crippen molar-refractivity contribution in [3.05, 3.63) is 0 Å². The molecule has 3 aliphatic rings. The van der Waals surface area contributed by atoms with Crippen molar-refractivity contribution < 1.29 is 14.3 Å². The number of likely N-dealkylation sites (tertiary alicyclic amines) is 1. The number of morpholine rings is 1. The van der Waals surface area contributed by atoms with E-state index in [1.54, 1.807) is 0 Å². The summed E-state index contributed by atoms with van der Waals surface area (Å²) in [4.78, 5) is 28.5. The summed E-state index contributed by atoms with van der Waals surface area (Å²) in [5, 5.41) is 2.98. The maximum Gasteiger partial charge on any atom is 0.250 e. The van der Waals surface area contributed by atoms with E-state index < -0.39 is 6.10 Å². The van der Waals surface area contributed by atoms with Gasteiger partial charge in [-0.15, -0.1) is 0 Å². The molecule has 3 rings (SSSR count). The van der Waals surface area contributed by atoms with Gasteiger partial charge in [0, 0.05) is 32.2 Å². The number of hydrogen-bond donors (Lipinski definition) is 1. The lowest BCUT2D eigenvalue weighted by Gasteiger charge is -2.33. The monoisotopic (exact) mass is 309 g/mol. The van der Waals surface area contributed by atoms with E-state index >= 15 is 0 Å². The summed E-state index contributed by atoms with van der Waals surface area (Å²) >= 11 is 0. The first kappa shape index (κ1) is 15.7. The van der Waals surface area contributed by atoms with Crippen LogP contribution in [0, 0.1) is 0 Å². The Kier molecular flexibility index (Phi) is 5.31. The molecule has 6 nitrogen and oxygen atoms in total. The highest BCUT2D eigenvalue weighted by Crippen LogP contribution is 2.19. The van der Waals surface area contributed by atoms with E-state index in [1.165, 1.54) is 12.8 Å². The summed E-state index contributed by atoms with van der Waals surface area (Å²) < 4.78 is 5.57. The Morgan fingerprint density at radius 2 is 1.77 bits per heavy atom. The van der Waals surface area contributed by atoms with Crippen LogP contribution in [0.4, 0.5) is 0 Å². The molecular formula is C16H27N3O3. The number of nitrogens with zero attached hydrogens (tertiary/aromatic N) is 2. The van der Waals surface area contributed by atoms with Gasteiger partial charge in [-0.2, -0.15) is 0 Å². The third-order valence-corrected chi connectivity index (χ3v) is 4.68. The molecular weight excluding hydrogens is 282 g/mol. The van der Waals surface area contributed by atoms with Crippen LogP contribution in [0.1, 0.15) is 38.5 Å². The molecule has 6 heteroatoms. The Balaban J connectivity index is 1.46. The highest BCUT2D eigenvalue weighted by atomic mass is 16.5. The maximum absolute atomic E-state index is 12.4. The standard InChI is InChI=1S/C16H27N3O3/c20-15(19-7-3-1-2-4-8-19)12-18-9-10-22-14(11-18)16(21)17-13-5-6-13/h13-14H,1-12H2,(H,17,21). The first-order valence-corrected chi connectivity index (χ1v) is 8.64. The molecule has 0 aromatic heterocycles. The fraction of sp³-hybridized carbons (Fsp3) is 0.875.